The molecule has 0 saturated carbocycles. The Morgan fingerprint density at radius 1 is 0.886 bits per heavy atom. The minimum absolute atomic E-state index is 0.107. The number of hydrogen-bond donors (Lipinski definition) is 2. The van der Waals surface area contributed by atoms with E-state index in [2.05, 4.69) is 69.4 Å². The molecule has 0 aliphatic carbocycles. The van der Waals surface area contributed by atoms with Gasteiger partial charge in [-0.25, -0.2) is 4.79 Å². The molecular weight excluding hydrogens is 434 g/mol. The number of esters is 1. The van der Waals surface area contributed by atoms with Crippen LogP contribution in [0.1, 0.15) is 73.7 Å². The number of cyclic esters (lactones) is 1. The average molecular weight is 472 g/mol. The quantitative estimate of drug-likeness (QED) is 0.373. The van der Waals surface area contributed by atoms with Gasteiger partial charge in [-0.2, -0.15) is 0 Å². The summed E-state index contributed by atoms with van der Waals surface area (Å²) in [5.74, 6) is -0.257. The zero-order chi connectivity index (χ0) is 25.3. The molecular formula is C31H37NO3. The predicted octanol–water partition coefficient (Wildman–Crippen LogP) is 6.41. The smallest absolute Gasteiger partial charge is 0.338 e. The lowest BCUT2D eigenvalue weighted by atomic mass is 9.72. The maximum absolute atomic E-state index is 11.8. The van der Waals surface area contributed by atoms with Crippen molar-refractivity contribution in [3.63, 3.8) is 0 Å². The minimum atomic E-state index is -0.895. The van der Waals surface area contributed by atoms with Crippen molar-refractivity contribution in [2.75, 3.05) is 11.9 Å². The summed E-state index contributed by atoms with van der Waals surface area (Å²) in [4.78, 5) is 11.8. The normalized spacial score (nSPS) is 16.7. The fraction of sp³-hybridized carbons (Fsp3) is 0.387. The van der Waals surface area contributed by atoms with E-state index in [4.69, 9.17) is 4.74 Å². The van der Waals surface area contributed by atoms with Crippen molar-refractivity contribution in [2.45, 2.75) is 70.5 Å². The standard InChI is InChI=1S/C31H37NO3/c1-29(2,3)24-13-11-22(12-14-24)18-31(5,34)20-30(4,25-9-7-6-8-10-25)21-32-26-15-16-27-23(17-26)19-35-28(27)33/h6-17,32,34H,18-21H2,1-5H3. The minimum Gasteiger partial charge on any atom is -0.457 e. The summed E-state index contributed by atoms with van der Waals surface area (Å²) < 4.78 is 5.14. The van der Waals surface area contributed by atoms with E-state index in [1.165, 1.54) is 11.1 Å². The van der Waals surface area contributed by atoms with Crippen molar-refractivity contribution in [1.82, 2.24) is 0 Å². The zero-order valence-corrected chi connectivity index (χ0v) is 21.5. The highest BCUT2D eigenvalue weighted by atomic mass is 16.5. The fourth-order valence-corrected chi connectivity index (χ4v) is 5.11. The molecule has 0 aromatic heterocycles. The molecule has 0 spiro atoms. The van der Waals surface area contributed by atoms with Gasteiger partial charge in [0.2, 0.25) is 0 Å². The lowest BCUT2D eigenvalue weighted by Crippen LogP contribution is -2.41. The number of carbonyl (C=O) groups is 1. The van der Waals surface area contributed by atoms with Crippen LogP contribution in [0.25, 0.3) is 0 Å². The second kappa shape index (κ2) is 9.50. The molecule has 184 valence electrons. The molecule has 0 bridgehead atoms. The predicted molar refractivity (Wildman–Crippen MR) is 142 cm³/mol. The Balaban J connectivity index is 1.52. The summed E-state index contributed by atoms with van der Waals surface area (Å²) in [5, 5.41) is 15.1. The van der Waals surface area contributed by atoms with E-state index in [0.29, 0.717) is 31.6 Å². The van der Waals surface area contributed by atoms with Gasteiger partial charge in [0, 0.05) is 29.6 Å². The first-order valence-corrected chi connectivity index (χ1v) is 12.4. The molecule has 1 aliphatic heterocycles. The van der Waals surface area contributed by atoms with Crippen LogP contribution in [0.4, 0.5) is 5.69 Å². The number of anilines is 1. The Kier molecular flexibility index (Phi) is 6.79. The summed E-state index contributed by atoms with van der Waals surface area (Å²) in [5.41, 5.74) is 4.99. The molecule has 3 aromatic carbocycles. The first-order valence-electron chi connectivity index (χ1n) is 12.4. The van der Waals surface area contributed by atoms with Gasteiger partial charge in [-0.15, -0.1) is 0 Å². The average Bonchev–Trinajstić information content (AvgIpc) is 3.17. The summed E-state index contributed by atoms with van der Waals surface area (Å²) in [6.45, 7) is 11.7. The first kappa shape index (κ1) is 25.0. The lowest BCUT2D eigenvalue weighted by molar-refractivity contribution is 0.0306. The van der Waals surface area contributed by atoms with E-state index in [1.807, 2.05) is 43.3 Å². The van der Waals surface area contributed by atoms with Gasteiger partial charge in [0.25, 0.3) is 0 Å². The maximum Gasteiger partial charge on any atom is 0.338 e. The monoisotopic (exact) mass is 471 g/mol. The van der Waals surface area contributed by atoms with Gasteiger partial charge in [-0.05, 0) is 53.6 Å². The molecule has 2 atom stereocenters. The van der Waals surface area contributed by atoms with E-state index in [9.17, 15) is 9.90 Å². The van der Waals surface area contributed by atoms with Crippen LogP contribution >= 0.6 is 0 Å². The zero-order valence-electron chi connectivity index (χ0n) is 21.5. The first-order chi connectivity index (χ1) is 16.5. The van der Waals surface area contributed by atoms with Crippen LogP contribution < -0.4 is 5.32 Å². The Bertz CT molecular complexity index is 1180. The Hall–Kier alpha value is -3.11. The third-order valence-electron chi connectivity index (χ3n) is 7.01. The van der Waals surface area contributed by atoms with Gasteiger partial charge < -0.3 is 15.2 Å². The van der Waals surface area contributed by atoms with Crippen LogP contribution in [0.5, 0.6) is 0 Å². The molecule has 35 heavy (non-hydrogen) atoms. The van der Waals surface area contributed by atoms with E-state index < -0.39 is 5.60 Å². The number of fused-ring (bicyclic) bond motifs is 1. The van der Waals surface area contributed by atoms with Crippen molar-refractivity contribution in [2.24, 2.45) is 0 Å². The number of aliphatic hydroxyl groups is 1. The summed E-state index contributed by atoms with van der Waals surface area (Å²) >= 11 is 0. The second-order valence-corrected chi connectivity index (χ2v) is 11.5. The number of nitrogens with one attached hydrogen (secondary N) is 1. The third-order valence-corrected chi connectivity index (χ3v) is 7.01. The molecule has 2 unspecified atom stereocenters. The van der Waals surface area contributed by atoms with Crippen LogP contribution in [0.15, 0.2) is 72.8 Å². The summed E-state index contributed by atoms with van der Waals surface area (Å²) in [6, 6.07) is 24.7. The van der Waals surface area contributed by atoms with Crippen LogP contribution in [-0.4, -0.2) is 23.2 Å². The molecule has 0 radical (unpaired) electrons. The number of ether oxygens (including phenoxy) is 1. The third kappa shape index (κ3) is 5.94. The van der Waals surface area contributed by atoms with E-state index in [-0.39, 0.29) is 16.8 Å². The Labute approximate surface area is 209 Å². The molecule has 4 heteroatoms. The van der Waals surface area contributed by atoms with Gasteiger partial charge in [0.05, 0.1) is 11.2 Å². The molecule has 1 heterocycles. The summed E-state index contributed by atoms with van der Waals surface area (Å²) in [6.07, 6.45) is 1.17. The number of carbonyl (C=O) groups excluding carboxylic acids is 1. The highest BCUT2D eigenvalue weighted by Crippen LogP contribution is 2.35. The lowest BCUT2D eigenvalue weighted by Gasteiger charge is -2.38. The number of hydrogen-bond acceptors (Lipinski definition) is 4. The molecule has 3 aromatic rings. The van der Waals surface area contributed by atoms with Gasteiger partial charge >= 0.3 is 5.97 Å². The number of benzene rings is 3. The van der Waals surface area contributed by atoms with Crippen LogP contribution in [0.2, 0.25) is 0 Å². The van der Waals surface area contributed by atoms with E-state index >= 15 is 0 Å². The molecule has 1 aliphatic rings. The van der Waals surface area contributed by atoms with Crippen molar-refractivity contribution in [1.29, 1.82) is 0 Å². The highest BCUT2D eigenvalue weighted by molar-refractivity contribution is 5.93. The van der Waals surface area contributed by atoms with Crippen molar-refractivity contribution in [3.05, 3.63) is 101 Å². The molecule has 2 N–H and O–H groups in total. The largest absolute Gasteiger partial charge is 0.457 e. The molecule has 0 fully saturated rings. The van der Waals surface area contributed by atoms with Gasteiger partial charge in [-0.1, -0.05) is 82.3 Å². The van der Waals surface area contributed by atoms with Crippen molar-refractivity contribution in [3.8, 4) is 0 Å². The Morgan fingerprint density at radius 3 is 2.23 bits per heavy atom. The van der Waals surface area contributed by atoms with Crippen molar-refractivity contribution < 1.29 is 14.6 Å². The van der Waals surface area contributed by atoms with Crippen LogP contribution in [0, 0.1) is 0 Å². The number of rotatable bonds is 8. The van der Waals surface area contributed by atoms with Gasteiger partial charge in [0.15, 0.2) is 0 Å². The topological polar surface area (TPSA) is 58.6 Å². The maximum atomic E-state index is 11.8. The second-order valence-electron chi connectivity index (χ2n) is 11.5. The molecule has 4 nitrogen and oxygen atoms in total. The SMILES string of the molecule is CC(O)(Cc1ccc(C(C)(C)C)cc1)CC(C)(CNc1ccc2c(c1)COC2=O)c1ccccc1. The van der Waals surface area contributed by atoms with Gasteiger partial charge in [-0.3, -0.25) is 0 Å². The van der Waals surface area contributed by atoms with Crippen LogP contribution in [-0.2, 0) is 28.6 Å². The summed E-state index contributed by atoms with van der Waals surface area (Å²) in [7, 11) is 0. The van der Waals surface area contributed by atoms with Gasteiger partial charge in [0.1, 0.15) is 6.61 Å². The van der Waals surface area contributed by atoms with E-state index in [1.54, 1.807) is 0 Å². The molecule has 0 saturated heterocycles. The molecule has 0 amide bonds. The van der Waals surface area contributed by atoms with E-state index in [0.717, 1.165) is 16.8 Å². The highest BCUT2D eigenvalue weighted by Gasteiger charge is 2.36. The van der Waals surface area contributed by atoms with Crippen molar-refractivity contribution >= 4 is 11.7 Å². The van der Waals surface area contributed by atoms with Crippen LogP contribution in [0.3, 0.4) is 0 Å². The Morgan fingerprint density at radius 2 is 1.57 bits per heavy atom. The molecule has 4 rings (SSSR count). The fourth-order valence-electron chi connectivity index (χ4n) is 5.11.